The molecule has 2 aliphatic rings. The van der Waals surface area contributed by atoms with E-state index in [-0.39, 0.29) is 6.54 Å². The van der Waals surface area contributed by atoms with Gasteiger partial charge in [0.1, 0.15) is 11.2 Å². The standard InChI is InChI=1S/C24H25ClF3N3O/c1-23(32,15-5-7-16(8-6-15)24(26,27)28)14-31-20-9-11-30-10-3-2-4-19(30)21(20)18-12-17(25)13-29-22(18)31/h5-8,12-13,19,32H,2-4,9-11,14H2,1H3. The lowest BCUT2D eigenvalue weighted by Gasteiger charge is -2.40. The van der Waals surface area contributed by atoms with Crippen LogP contribution in [0.4, 0.5) is 13.2 Å². The lowest BCUT2D eigenvalue weighted by atomic mass is 9.89. The Hall–Kier alpha value is -2.09. The number of aromatic nitrogens is 2. The molecule has 0 spiro atoms. The molecule has 0 saturated carbocycles. The van der Waals surface area contributed by atoms with Crippen LogP contribution in [0.3, 0.4) is 0 Å². The van der Waals surface area contributed by atoms with Gasteiger partial charge in [-0.05, 0) is 55.6 Å². The topological polar surface area (TPSA) is 41.3 Å². The third-order valence-electron chi connectivity index (χ3n) is 6.90. The maximum Gasteiger partial charge on any atom is 0.416 e. The second-order valence-corrected chi connectivity index (χ2v) is 9.55. The molecular weight excluding hydrogens is 439 g/mol. The summed E-state index contributed by atoms with van der Waals surface area (Å²) < 4.78 is 40.9. The molecule has 2 aliphatic heterocycles. The summed E-state index contributed by atoms with van der Waals surface area (Å²) in [6, 6.07) is 7.01. The number of fused-ring (bicyclic) bond motifs is 5. The van der Waals surface area contributed by atoms with Crippen LogP contribution in [0.15, 0.2) is 36.5 Å². The van der Waals surface area contributed by atoms with E-state index in [1.54, 1.807) is 13.1 Å². The molecule has 4 heterocycles. The highest BCUT2D eigenvalue weighted by Gasteiger charge is 2.37. The number of hydrogen-bond acceptors (Lipinski definition) is 3. The molecule has 0 amide bonds. The van der Waals surface area contributed by atoms with Crippen LogP contribution in [-0.4, -0.2) is 32.6 Å². The normalized spacial score (nSPS) is 21.2. The zero-order valence-corrected chi connectivity index (χ0v) is 18.5. The molecule has 5 rings (SSSR count). The molecule has 32 heavy (non-hydrogen) atoms. The number of benzene rings is 1. The summed E-state index contributed by atoms with van der Waals surface area (Å²) in [7, 11) is 0. The summed E-state index contributed by atoms with van der Waals surface area (Å²) in [6.07, 6.45) is 1.49. The quantitative estimate of drug-likeness (QED) is 0.541. The third kappa shape index (κ3) is 3.70. The minimum Gasteiger partial charge on any atom is -0.384 e. The van der Waals surface area contributed by atoms with E-state index in [0.717, 1.165) is 54.8 Å². The Morgan fingerprint density at radius 2 is 1.84 bits per heavy atom. The number of rotatable bonds is 3. The minimum atomic E-state index is -4.41. The van der Waals surface area contributed by atoms with Gasteiger partial charge in [-0.1, -0.05) is 30.2 Å². The van der Waals surface area contributed by atoms with E-state index < -0.39 is 17.3 Å². The first-order chi connectivity index (χ1) is 15.1. The SMILES string of the molecule is CC(O)(Cn1c2c(c3cc(Cl)cnc31)C1CCCCN1CC2)c1ccc(C(F)(F)F)cc1. The van der Waals surface area contributed by atoms with E-state index in [2.05, 4.69) is 9.88 Å². The lowest BCUT2D eigenvalue weighted by Crippen LogP contribution is -2.39. The van der Waals surface area contributed by atoms with Crippen molar-refractivity contribution in [3.63, 3.8) is 0 Å². The molecule has 170 valence electrons. The summed E-state index contributed by atoms with van der Waals surface area (Å²) >= 11 is 6.30. The van der Waals surface area contributed by atoms with Crippen molar-refractivity contribution in [3.8, 4) is 0 Å². The number of aliphatic hydroxyl groups is 1. The Morgan fingerprint density at radius 1 is 1.12 bits per heavy atom. The molecule has 1 fully saturated rings. The van der Waals surface area contributed by atoms with Crippen LogP contribution in [-0.2, 0) is 24.7 Å². The average molecular weight is 464 g/mol. The van der Waals surface area contributed by atoms with Crippen LogP contribution in [0, 0.1) is 0 Å². The van der Waals surface area contributed by atoms with Crippen molar-refractivity contribution in [2.75, 3.05) is 13.1 Å². The van der Waals surface area contributed by atoms with Gasteiger partial charge in [-0.3, -0.25) is 4.90 Å². The van der Waals surface area contributed by atoms with E-state index in [9.17, 15) is 18.3 Å². The van der Waals surface area contributed by atoms with Crippen LogP contribution in [0.25, 0.3) is 11.0 Å². The minimum absolute atomic E-state index is 0.200. The summed E-state index contributed by atoms with van der Waals surface area (Å²) in [5.74, 6) is 0. The van der Waals surface area contributed by atoms with Gasteiger partial charge in [-0.25, -0.2) is 4.98 Å². The van der Waals surface area contributed by atoms with E-state index >= 15 is 0 Å². The van der Waals surface area contributed by atoms with Crippen LogP contribution in [0.1, 0.15) is 54.6 Å². The van der Waals surface area contributed by atoms with Crippen molar-refractivity contribution in [1.82, 2.24) is 14.5 Å². The molecule has 1 aromatic carbocycles. The highest BCUT2D eigenvalue weighted by molar-refractivity contribution is 6.31. The number of halogens is 4. The van der Waals surface area contributed by atoms with Gasteiger partial charge in [0.2, 0.25) is 0 Å². The van der Waals surface area contributed by atoms with Gasteiger partial charge >= 0.3 is 6.18 Å². The zero-order valence-electron chi connectivity index (χ0n) is 17.8. The second kappa shape index (κ2) is 7.75. The Morgan fingerprint density at radius 3 is 2.56 bits per heavy atom. The fourth-order valence-corrected chi connectivity index (χ4v) is 5.50. The maximum atomic E-state index is 13.0. The van der Waals surface area contributed by atoms with Crippen molar-refractivity contribution >= 4 is 22.6 Å². The Balaban J connectivity index is 1.57. The van der Waals surface area contributed by atoms with Crippen LogP contribution in [0.2, 0.25) is 5.02 Å². The van der Waals surface area contributed by atoms with Crippen LogP contribution >= 0.6 is 11.6 Å². The fourth-order valence-electron chi connectivity index (χ4n) is 5.34. The lowest BCUT2D eigenvalue weighted by molar-refractivity contribution is -0.137. The monoisotopic (exact) mass is 463 g/mol. The molecule has 3 aromatic rings. The maximum absolute atomic E-state index is 13.0. The van der Waals surface area contributed by atoms with E-state index in [4.69, 9.17) is 11.6 Å². The largest absolute Gasteiger partial charge is 0.416 e. The molecule has 0 bridgehead atoms. The first-order valence-electron chi connectivity index (χ1n) is 11.0. The van der Waals surface area contributed by atoms with Gasteiger partial charge in [0.05, 0.1) is 17.1 Å². The van der Waals surface area contributed by atoms with Crippen LogP contribution in [0.5, 0.6) is 0 Å². The number of alkyl halides is 3. The smallest absolute Gasteiger partial charge is 0.384 e. The zero-order chi connectivity index (χ0) is 22.7. The highest BCUT2D eigenvalue weighted by Crippen LogP contribution is 2.43. The van der Waals surface area contributed by atoms with Gasteiger partial charge in [0, 0.05) is 36.3 Å². The Labute approximate surface area is 189 Å². The Kier molecular flexibility index (Phi) is 5.26. The highest BCUT2D eigenvalue weighted by atomic mass is 35.5. The van der Waals surface area contributed by atoms with E-state index in [1.807, 2.05) is 10.6 Å². The summed E-state index contributed by atoms with van der Waals surface area (Å²) in [6.45, 7) is 3.86. The van der Waals surface area contributed by atoms with Crippen molar-refractivity contribution in [3.05, 3.63) is 63.9 Å². The van der Waals surface area contributed by atoms with Gasteiger partial charge in [0.25, 0.3) is 0 Å². The van der Waals surface area contributed by atoms with Gasteiger partial charge in [-0.2, -0.15) is 13.2 Å². The molecular formula is C24H25ClF3N3O. The number of hydrogen-bond donors (Lipinski definition) is 1. The summed E-state index contributed by atoms with van der Waals surface area (Å²) in [5, 5.41) is 12.9. The van der Waals surface area contributed by atoms with E-state index in [1.165, 1.54) is 30.5 Å². The van der Waals surface area contributed by atoms with Gasteiger partial charge in [0.15, 0.2) is 0 Å². The molecule has 0 aliphatic carbocycles. The Bertz CT molecular complexity index is 1150. The van der Waals surface area contributed by atoms with Crippen molar-refractivity contribution in [1.29, 1.82) is 0 Å². The average Bonchev–Trinajstić information content (AvgIpc) is 3.06. The fraction of sp³-hybridized carbons (Fsp3) is 0.458. The molecule has 2 aromatic heterocycles. The number of piperidine rings is 1. The first-order valence-corrected chi connectivity index (χ1v) is 11.3. The molecule has 8 heteroatoms. The number of pyridine rings is 1. The van der Waals surface area contributed by atoms with Gasteiger partial charge < -0.3 is 9.67 Å². The molecule has 4 nitrogen and oxygen atoms in total. The second-order valence-electron chi connectivity index (χ2n) is 9.12. The predicted molar refractivity (Wildman–Crippen MR) is 118 cm³/mol. The summed E-state index contributed by atoms with van der Waals surface area (Å²) in [4.78, 5) is 7.12. The van der Waals surface area contributed by atoms with Crippen molar-refractivity contribution < 1.29 is 18.3 Å². The predicted octanol–water partition coefficient (Wildman–Crippen LogP) is 5.70. The van der Waals surface area contributed by atoms with Crippen LogP contribution < -0.4 is 0 Å². The number of nitrogens with zero attached hydrogens (tertiary/aromatic N) is 3. The molecule has 1 N–H and O–H groups in total. The van der Waals surface area contributed by atoms with Gasteiger partial charge in [-0.15, -0.1) is 0 Å². The molecule has 0 radical (unpaired) electrons. The van der Waals surface area contributed by atoms with Crippen molar-refractivity contribution in [2.45, 2.75) is 57.0 Å². The van der Waals surface area contributed by atoms with Crippen molar-refractivity contribution in [2.24, 2.45) is 0 Å². The first kappa shape index (κ1) is 21.7. The molecule has 2 unspecified atom stereocenters. The third-order valence-corrected chi connectivity index (χ3v) is 7.11. The van der Waals surface area contributed by atoms with E-state index in [0.29, 0.717) is 16.6 Å². The molecule has 1 saturated heterocycles. The summed E-state index contributed by atoms with van der Waals surface area (Å²) in [5.41, 5.74) is 1.49. The molecule has 2 atom stereocenters.